The summed E-state index contributed by atoms with van der Waals surface area (Å²) in [6.07, 6.45) is -4.69. The number of hydrogen-bond donors (Lipinski definition) is 1. The summed E-state index contributed by atoms with van der Waals surface area (Å²) in [5, 5.41) is 8.63. The first-order valence-electron chi connectivity index (χ1n) is 4.29. The van der Waals surface area contributed by atoms with Gasteiger partial charge in [-0.1, -0.05) is 0 Å². The number of ether oxygens (including phenoxy) is 1. The van der Waals surface area contributed by atoms with E-state index in [0.29, 0.717) is 6.07 Å². The summed E-state index contributed by atoms with van der Waals surface area (Å²) in [5.74, 6) is -2.24. The molecule has 0 aliphatic heterocycles. The lowest BCUT2D eigenvalue weighted by molar-refractivity contribution is -0.138. The van der Waals surface area contributed by atoms with Crippen LogP contribution in [0.25, 0.3) is 0 Å². The van der Waals surface area contributed by atoms with E-state index in [0.717, 1.165) is 13.2 Å². The van der Waals surface area contributed by atoms with Crippen LogP contribution in [0, 0.1) is 0 Å². The number of carboxylic acids is 1. The quantitative estimate of drug-likeness (QED) is 0.673. The average Bonchev–Trinajstić information content (AvgIpc) is 2.25. The Morgan fingerprint density at radius 2 is 1.94 bits per heavy atom. The number of aromatic carboxylic acids is 1. The smallest absolute Gasteiger partial charge is 0.420 e. The molecule has 1 N–H and O–H groups in total. The van der Waals surface area contributed by atoms with Gasteiger partial charge in [0.15, 0.2) is 6.29 Å². The molecular weight excluding hydrogens is 265 g/mol. The predicted molar refractivity (Wildman–Crippen MR) is 56.1 cm³/mol. The summed E-state index contributed by atoms with van der Waals surface area (Å²) in [6, 6.07) is 1.25. The molecule has 1 rings (SSSR count). The van der Waals surface area contributed by atoms with E-state index >= 15 is 0 Å². The molecule has 0 aliphatic rings. The molecule has 0 saturated heterocycles. The van der Waals surface area contributed by atoms with Crippen LogP contribution in [0.15, 0.2) is 12.1 Å². The van der Waals surface area contributed by atoms with Gasteiger partial charge in [0.05, 0.1) is 23.8 Å². The topological polar surface area (TPSA) is 63.6 Å². The Morgan fingerprint density at radius 1 is 1.39 bits per heavy atom. The number of halogens is 3. The van der Waals surface area contributed by atoms with E-state index in [4.69, 9.17) is 5.11 Å². The molecule has 0 aromatic heterocycles. The van der Waals surface area contributed by atoms with Gasteiger partial charge in [-0.25, -0.2) is 4.79 Å². The van der Waals surface area contributed by atoms with Gasteiger partial charge in [0, 0.05) is 23.1 Å². The summed E-state index contributed by atoms with van der Waals surface area (Å²) in [6.45, 7) is 0. The van der Waals surface area contributed by atoms with E-state index in [1.165, 1.54) is 0 Å². The number of rotatable bonds is 3. The first kappa shape index (κ1) is 16.7. The first-order valence-corrected chi connectivity index (χ1v) is 4.29. The normalized spacial score (nSPS) is 10.4. The molecule has 0 unspecified atom stereocenters. The van der Waals surface area contributed by atoms with Crippen LogP contribution in [0.4, 0.5) is 13.2 Å². The second-order valence-electron chi connectivity index (χ2n) is 3.07. The van der Waals surface area contributed by atoms with E-state index < -0.39 is 34.6 Å². The fraction of sp³-hybridized carbons (Fsp3) is 0.200. The highest BCUT2D eigenvalue weighted by Gasteiger charge is 2.36. The van der Waals surface area contributed by atoms with Gasteiger partial charge in [0.2, 0.25) is 0 Å². The fourth-order valence-electron chi connectivity index (χ4n) is 1.30. The van der Waals surface area contributed by atoms with Crippen LogP contribution >= 0.6 is 0 Å². The fourth-order valence-corrected chi connectivity index (χ4v) is 1.30. The number of aldehydes is 1. The maximum absolute atomic E-state index is 12.6. The molecule has 0 aliphatic carbocycles. The van der Waals surface area contributed by atoms with Crippen LogP contribution in [-0.4, -0.2) is 47.5 Å². The van der Waals surface area contributed by atoms with Crippen LogP contribution in [0.1, 0.15) is 26.3 Å². The third-order valence-electron chi connectivity index (χ3n) is 2.00. The lowest BCUT2D eigenvalue weighted by Crippen LogP contribution is -2.11. The number of carboxylic acid groups (broad SMARTS) is 1. The molecule has 18 heavy (non-hydrogen) atoms. The second kappa shape index (κ2) is 6.05. The number of methoxy groups -OCH3 is 1. The Bertz CT molecular complexity index is 471. The number of carbonyl (C=O) groups excluding carboxylic acids is 1. The van der Waals surface area contributed by atoms with Crippen molar-refractivity contribution in [1.82, 2.24) is 0 Å². The van der Waals surface area contributed by atoms with E-state index in [9.17, 15) is 22.8 Å². The van der Waals surface area contributed by atoms with Gasteiger partial charge in [-0.15, -0.1) is 0 Å². The van der Waals surface area contributed by atoms with E-state index in [-0.39, 0.29) is 29.3 Å². The molecule has 0 atom stereocenters. The van der Waals surface area contributed by atoms with Crippen molar-refractivity contribution < 1.29 is 32.6 Å². The van der Waals surface area contributed by atoms with Crippen molar-refractivity contribution in [3.63, 3.8) is 0 Å². The third-order valence-corrected chi connectivity index (χ3v) is 2.00. The van der Waals surface area contributed by atoms with Gasteiger partial charge >= 0.3 is 12.1 Å². The van der Waals surface area contributed by atoms with Crippen LogP contribution in [0.2, 0.25) is 0 Å². The van der Waals surface area contributed by atoms with E-state index in [1.54, 1.807) is 0 Å². The number of carbonyl (C=O) groups is 2. The van der Waals surface area contributed by atoms with Crippen molar-refractivity contribution in [1.29, 1.82) is 0 Å². The minimum atomic E-state index is -4.80. The highest BCUT2D eigenvalue weighted by molar-refractivity contribution is 5.92. The molecule has 8 heteroatoms. The molecule has 0 saturated carbocycles. The number of alkyl halides is 3. The Kier molecular flexibility index (Phi) is 5.62. The molecule has 1 aromatic rings. The Labute approximate surface area is 116 Å². The van der Waals surface area contributed by atoms with E-state index in [2.05, 4.69) is 4.74 Å². The Hall–Kier alpha value is -1.28. The summed E-state index contributed by atoms with van der Waals surface area (Å²) in [5.41, 5.74) is -2.37. The summed E-state index contributed by atoms with van der Waals surface area (Å²) in [7, 11) is 0.970. The van der Waals surface area contributed by atoms with Crippen LogP contribution in [-0.2, 0) is 6.18 Å². The summed E-state index contributed by atoms with van der Waals surface area (Å²) < 4.78 is 42.3. The molecule has 0 bridgehead atoms. The molecule has 0 heterocycles. The van der Waals surface area contributed by atoms with Gasteiger partial charge < -0.3 is 9.84 Å². The SMILES string of the molecule is COc1c(C=O)cc(C(=O)O)cc1C(F)(F)F.[Mg]. The van der Waals surface area contributed by atoms with Crippen molar-refractivity contribution in [2.24, 2.45) is 0 Å². The maximum atomic E-state index is 12.6. The van der Waals surface area contributed by atoms with Gasteiger partial charge in [-0.2, -0.15) is 13.2 Å². The molecule has 4 nitrogen and oxygen atoms in total. The maximum Gasteiger partial charge on any atom is 0.420 e. The van der Waals surface area contributed by atoms with E-state index in [1.807, 2.05) is 0 Å². The second-order valence-corrected chi connectivity index (χ2v) is 3.07. The standard InChI is InChI=1S/C10H7F3O4.Mg/c1-17-8-6(4-14)2-5(9(15)16)3-7(8)10(11,12)13;/h2-4H,1H3,(H,15,16);. The lowest BCUT2D eigenvalue weighted by atomic mass is 10.0. The molecule has 94 valence electrons. The van der Waals surface area contributed by atoms with Gasteiger partial charge in [-0.3, -0.25) is 4.79 Å². The third kappa shape index (κ3) is 3.36. The Morgan fingerprint density at radius 3 is 2.28 bits per heavy atom. The largest absolute Gasteiger partial charge is 0.495 e. The van der Waals surface area contributed by atoms with Crippen LogP contribution in [0.3, 0.4) is 0 Å². The highest BCUT2D eigenvalue weighted by atomic mass is 24.3. The van der Waals surface area contributed by atoms with Gasteiger partial charge in [0.25, 0.3) is 0 Å². The zero-order chi connectivity index (χ0) is 13.2. The zero-order valence-electron chi connectivity index (χ0n) is 9.25. The van der Waals surface area contributed by atoms with Crippen molar-refractivity contribution in [3.8, 4) is 5.75 Å². The number of hydrogen-bond acceptors (Lipinski definition) is 3. The van der Waals surface area contributed by atoms with Crippen molar-refractivity contribution in [2.75, 3.05) is 7.11 Å². The average molecular weight is 272 g/mol. The minimum absolute atomic E-state index is 0. The molecule has 2 radical (unpaired) electrons. The van der Waals surface area contributed by atoms with Crippen LogP contribution in [0.5, 0.6) is 5.75 Å². The van der Waals surface area contributed by atoms with Gasteiger partial charge in [0.1, 0.15) is 5.75 Å². The van der Waals surface area contributed by atoms with Crippen molar-refractivity contribution in [3.05, 3.63) is 28.8 Å². The molecule has 0 spiro atoms. The Balaban J connectivity index is 0.00000289. The van der Waals surface area contributed by atoms with Crippen molar-refractivity contribution >= 4 is 35.3 Å². The van der Waals surface area contributed by atoms with Gasteiger partial charge in [-0.05, 0) is 12.1 Å². The monoisotopic (exact) mass is 272 g/mol. The molecule has 1 aromatic carbocycles. The van der Waals surface area contributed by atoms with Crippen LogP contribution < -0.4 is 4.74 Å². The molecule has 0 fully saturated rings. The predicted octanol–water partition coefficient (Wildman–Crippen LogP) is 1.84. The first-order chi connectivity index (χ1) is 7.81. The summed E-state index contributed by atoms with van der Waals surface area (Å²) in [4.78, 5) is 21.2. The molecule has 0 amide bonds. The molecular formula is C10H7F3MgO4. The number of benzene rings is 1. The highest BCUT2D eigenvalue weighted by Crippen LogP contribution is 2.38. The minimum Gasteiger partial charge on any atom is -0.495 e. The summed E-state index contributed by atoms with van der Waals surface area (Å²) >= 11 is 0. The van der Waals surface area contributed by atoms with Crippen molar-refractivity contribution in [2.45, 2.75) is 6.18 Å². The lowest BCUT2D eigenvalue weighted by Gasteiger charge is -2.14. The zero-order valence-corrected chi connectivity index (χ0v) is 10.7.